The molecule has 1 N–H and O–H groups in total. The number of carbonyl (C=O) groups excluding carboxylic acids is 3. The lowest BCUT2D eigenvalue weighted by molar-refractivity contribution is -0.122. The number of hydrogen-bond donors (Lipinski definition) is 1. The molecule has 1 fully saturated rings. The summed E-state index contributed by atoms with van der Waals surface area (Å²) in [5.41, 5.74) is 0.887. The average Bonchev–Trinajstić information content (AvgIpc) is 3.06. The number of hydrogen-bond acceptors (Lipinski definition) is 4. The summed E-state index contributed by atoms with van der Waals surface area (Å²) in [6, 6.07) is 9.35. The van der Waals surface area contributed by atoms with Crippen LogP contribution in [0.1, 0.15) is 12.7 Å². The molecule has 0 atom stereocenters. The van der Waals surface area contributed by atoms with Gasteiger partial charge in [-0.3, -0.25) is 14.9 Å². The number of furan rings is 1. The Balaban J connectivity index is 1.95. The van der Waals surface area contributed by atoms with E-state index in [1.54, 1.807) is 49.4 Å². The fourth-order valence-corrected chi connectivity index (χ4v) is 2.61. The van der Waals surface area contributed by atoms with Crippen LogP contribution in [0.4, 0.5) is 10.5 Å². The molecule has 0 radical (unpaired) electrons. The first-order valence-electron chi connectivity index (χ1n) is 7.34. The van der Waals surface area contributed by atoms with Crippen molar-refractivity contribution in [2.75, 3.05) is 4.90 Å². The molecule has 6 nitrogen and oxygen atoms in total. The number of carbonyl (C=O) groups is 3. The molecular weight excluding hydrogens is 388 g/mol. The predicted molar refractivity (Wildman–Crippen MR) is 95.6 cm³/mol. The molecule has 0 bridgehead atoms. The van der Waals surface area contributed by atoms with Gasteiger partial charge in [0.2, 0.25) is 0 Å². The zero-order chi connectivity index (χ0) is 18.0. The Labute approximate surface area is 151 Å². The summed E-state index contributed by atoms with van der Waals surface area (Å²) in [4.78, 5) is 37.8. The third-order valence-corrected chi connectivity index (χ3v) is 4.00. The van der Waals surface area contributed by atoms with Gasteiger partial charge in [0.1, 0.15) is 11.3 Å². The van der Waals surface area contributed by atoms with Crippen LogP contribution in [0.2, 0.25) is 0 Å². The third-order valence-electron chi connectivity index (χ3n) is 3.47. The van der Waals surface area contributed by atoms with Gasteiger partial charge in [0.25, 0.3) is 11.8 Å². The summed E-state index contributed by atoms with van der Waals surface area (Å²) >= 11 is 3.30. The van der Waals surface area contributed by atoms with E-state index in [0.29, 0.717) is 17.0 Å². The number of barbiturate groups is 1. The van der Waals surface area contributed by atoms with Crippen molar-refractivity contribution in [3.63, 3.8) is 0 Å². The van der Waals surface area contributed by atoms with Crippen molar-refractivity contribution in [1.29, 1.82) is 0 Å². The summed E-state index contributed by atoms with van der Waals surface area (Å²) < 4.78 is 6.02. The van der Waals surface area contributed by atoms with Crippen molar-refractivity contribution in [2.24, 2.45) is 0 Å². The van der Waals surface area contributed by atoms with Gasteiger partial charge >= 0.3 is 6.03 Å². The molecule has 126 valence electrons. The first-order chi connectivity index (χ1) is 12.0. The first-order valence-corrected chi connectivity index (χ1v) is 8.14. The predicted octanol–water partition coefficient (Wildman–Crippen LogP) is 3.65. The second-order valence-corrected chi connectivity index (χ2v) is 6.25. The summed E-state index contributed by atoms with van der Waals surface area (Å²) in [6.07, 6.45) is 4.64. The van der Waals surface area contributed by atoms with Crippen LogP contribution < -0.4 is 10.2 Å². The molecule has 1 aromatic heterocycles. The number of nitrogens with zero attached hydrogens (tertiary/aromatic N) is 1. The molecule has 0 spiro atoms. The molecule has 4 amide bonds. The molecule has 0 saturated carbocycles. The van der Waals surface area contributed by atoms with Crippen molar-refractivity contribution in [3.05, 3.63) is 70.1 Å². The largest absolute Gasteiger partial charge is 0.465 e. The fourth-order valence-electron chi connectivity index (χ4n) is 2.35. The molecule has 1 aromatic carbocycles. The number of rotatable bonds is 3. The Bertz CT molecular complexity index is 896. The molecular formula is C18H13BrN2O4. The van der Waals surface area contributed by atoms with Gasteiger partial charge in [-0.05, 0) is 61.0 Å². The fraction of sp³-hybridized carbons (Fsp3) is 0.0556. The lowest BCUT2D eigenvalue weighted by Gasteiger charge is -2.26. The average molecular weight is 401 g/mol. The SMILES string of the molecule is CC(=C\c1ccco1)/C=C1\C(=O)NC(=O)N(c2ccc(Br)cc2)C1=O. The van der Waals surface area contributed by atoms with E-state index < -0.39 is 17.8 Å². The number of halogens is 1. The van der Waals surface area contributed by atoms with Crippen LogP contribution in [0.15, 0.2) is 68.8 Å². The maximum atomic E-state index is 12.7. The summed E-state index contributed by atoms with van der Waals surface area (Å²) in [7, 11) is 0. The monoisotopic (exact) mass is 400 g/mol. The van der Waals surface area contributed by atoms with Crippen LogP contribution in [0.25, 0.3) is 6.08 Å². The Hall–Kier alpha value is -2.93. The Morgan fingerprint density at radius 3 is 2.52 bits per heavy atom. The van der Waals surface area contributed by atoms with Crippen molar-refractivity contribution in [3.8, 4) is 0 Å². The first kappa shape index (κ1) is 16.9. The van der Waals surface area contributed by atoms with Gasteiger partial charge < -0.3 is 4.42 Å². The van der Waals surface area contributed by atoms with Crippen LogP contribution in [-0.4, -0.2) is 17.8 Å². The van der Waals surface area contributed by atoms with E-state index in [-0.39, 0.29) is 5.57 Å². The number of nitrogens with one attached hydrogen (secondary N) is 1. The third kappa shape index (κ3) is 3.61. The lowest BCUT2D eigenvalue weighted by Crippen LogP contribution is -2.54. The molecule has 2 aromatic rings. The van der Waals surface area contributed by atoms with Gasteiger partial charge in [-0.1, -0.05) is 15.9 Å². The molecule has 25 heavy (non-hydrogen) atoms. The van der Waals surface area contributed by atoms with E-state index in [0.717, 1.165) is 9.37 Å². The highest BCUT2D eigenvalue weighted by Crippen LogP contribution is 2.23. The van der Waals surface area contributed by atoms with Gasteiger partial charge in [-0.25, -0.2) is 9.69 Å². The molecule has 1 aliphatic heterocycles. The van der Waals surface area contributed by atoms with Crippen LogP contribution in [0.5, 0.6) is 0 Å². The minimum atomic E-state index is -0.776. The molecule has 1 aliphatic rings. The standard InChI is InChI=1S/C18H13BrN2O4/c1-11(9-14-3-2-8-25-14)10-15-16(22)20-18(24)21(17(15)23)13-6-4-12(19)5-7-13/h2-10H,1H3,(H,20,22,24)/b11-9+,15-10+. The van der Waals surface area contributed by atoms with Crippen LogP contribution in [0, 0.1) is 0 Å². The molecule has 7 heteroatoms. The number of imide groups is 2. The number of benzene rings is 1. The molecule has 3 rings (SSSR count). The number of allylic oxidation sites excluding steroid dienone is 2. The quantitative estimate of drug-likeness (QED) is 0.629. The number of anilines is 1. The van der Waals surface area contributed by atoms with Crippen molar-refractivity contribution >= 4 is 45.5 Å². The highest BCUT2D eigenvalue weighted by Gasteiger charge is 2.36. The molecule has 1 saturated heterocycles. The molecule has 0 aliphatic carbocycles. The molecule has 0 unspecified atom stereocenters. The van der Waals surface area contributed by atoms with E-state index in [1.165, 1.54) is 12.3 Å². The minimum Gasteiger partial charge on any atom is -0.465 e. The van der Waals surface area contributed by atoms with Crippen LogP contribution in [0.3, 0.4) is 0 Å². The minimum absolute atomic E-state index is 0.122. The number of urea groups is 1. The van der Waals surface area contributed by atoms with E-state index in [9.17, 15) is 14.4 Å². The maximum absolute atomic E-state index is 12.7. The second-order valence-electron chi connectivity index (χ2n) is 5.34. The van der Waals surface area contributed by atoms with Gasteiger partial charge in [0.15, 0.2) is 0 Å². The smallest absolute Gasteiger partial charge is 0.335 e. The Morgan fingerprint density at radius 2 is 1.88 bits per heavy atom. The zero-order valence-corrected chi connectivity index (χ0v) is 14.7. The number of amides is 4. The second kappa shape index (κ2) is 6.90. The van der Waals surface area contributed by atoms with Gasteiger partial charge in [-0.15, -0.1) is 0 Å². The van der Waals surface area contributed by atoms with Gasteiger partial charge in [-0.2, -0.15) is 0 Å². The zero-order valence-electron chi connectivity index (χ0n) is 13.2. The topological polar surface area (TPSA) is 79.6 Å². The van der Waals surface area contributed by atoms with Crippen molar-refractivity contribution in [1.82, 2.24) is 5.32 Å². The van der Waals surface area contributed by atoms with Gasteiger partial charge in [0.05, 0.1) is 12.0 Å². The Morgan fingerprint density at radius 1 is 1.16 bits per heavy atom. The summed E-state index contributed by atoms with van der Waals surface area (Å²) in [6.45, 7) is 1.73. The normalized spacial score (nSPS) is 17.2. The molecule has 2 heterocycles. The van der Waals surface area contributed by atoms with E-state index in [4.69, 9.17) is 4.42 Å². The van der Waals surface area contributed by atoms with Crippen LogP contribution >= 0.6 is 15.9 Å². The highest BCUT2D eigenvalue weighted by atomic mass is 79.9. The van der Waals surface area contributed by atoms with Gasteiger partial charge in [0, 0.05) is 4.47 Å². The lowest BCUT2D eigenvalue weighted by atomic mass is 10.1. The van der Waals surface area contributed by atoms with Crippen LogP contribution in [-0.2, 0) is 9.59 Å². The highest BCUT2D eigenvalue weighted by molar-refractivity contribution is 9.10. The van der Waals surface area contributed by atoms with E-state index in [2.05, 4.69) is 21.2 Å². The van der Waals surface area contributed by atoms with Crippen molar-refractivity contribution < 1.29 is 18.8 Å². The van der Waals surface area contributed by atoms with E-state index in [1.807, 2.05) is 0 Å². The Kier molecular flexibility index (Phi) is 4.67. The van der Waals surface area contributed by atoms with E-state index >= 15 is 0 Å². The van der Waals surface area contributed by atoms with Crippen molar-refractivity contribution in [2.45, 2.75) is 6.92 Å². The maximum Gasteiger partial charge on any atom is 0.335 e. The summed E-state index contributed by atoms with van der Waals surface area (Å²) in [5, 5.41) is 2.18. The summed E-state index contributed by atoms with van der Waals surface area (Å²) in [5.74, 6) is -0.808.